The van der Waals surface area contributed by atoms with Crippen LogP contribution in [-0.2, 0) is 30.2 Å². The molecule has 1 aromatic carbocycles. The van der Waals surface area contributed by atoms with Gasteiger partial charge in [0.15, 0.2) is 6.10 Å². The number of rotatable bonds is 4. The number of aryl methyl sites for hydroxylation is 1. The third-order valence-corrected chi connectivity index (χ3v) is 4.19. The number of carbonyl (C=O) groups excluding carboxylic acids is 2. The van der Waals surface area contributed by atoms with Gasteiger partial charge in [-0.3, -0.25) is 4.79 Å². The Morgan fingerprint density at radius 3 is 2.92 bits per heavy atom. The maximum Gasteiger partial charge on any atom is 0.377 e. The fraction of sp³-hybridized carbons (Fsp3) is 0.444. The molecule has 1 N–H and O–H groups in total. The maximum atomic E-state index is 12.4. The number of benzene rings is 1. The zero-order chi connectivity index (χ0) is 16.9. The Morgan fingerprint density at radius 2 is 2.12 bits per heavy atom. The van der Waals surface area contributed by atoms with Crippen LogP contribution in [0.15, 0.2) is 36.3 Å². The van der Waals surface area contributed by atoms with E-state index in [4.69, 9.17) is 14.2 Å². The van der Waals surface area contributed by atoms with Crippen LogP contribution in [0.25, 0.3) is 0 Å². The molecule has 1 amide bonds. The smallest absolute Gasteiger partial charge is 0.377 e. The van der Waals surface area contributed by atoms with E-state index in [2.05, 4.69) is 11.4 Å². The molecule has 0 aromatic heterocycles. The molecule has 0 radical (unpaired) electrons. The van der Waals surface area contributed by atoms with E-state index in [9.17, 15) is 9.59 Å². The van der Waals surface area contributed by atoms with Gasteiger partial charge in [0.1, 0.15) is 19.5 Å². The Balaban J connectivity index is 1.59. The Hall–Kier alpha value is -2.50. The Bertz CT molecular complexity index is 655. The molecule has 1 aliphatic carbocycles. The summed E-state index contributed by atoms with van der Waals surface area (Å²) in [6.07, 6.45) is 3.24. The summed E-state index contributed by atoms with van der Waals surface area (Å²) in [6.45, 7) is 2.24. The second kappa shape index (κ2) is 7.38. The largest absolute Gasteiger partial charge is 0.493 e. The van der Waals surface area contributed by atoms with E-state index in [0.29, 0.717) is 13.2 Å². The van der Waals surface area contributed by atoms with E-state index >= 15 is 0 Å². The first-order valence-electron chi connectivity index (χ1n) is 8.19. The number of hydrogen-bond acceptors (Lipinski definition) is 5. The molecular weight excluding hydrogens is 310 g/mol. The minimum atomic E-state index is -0.905. The van der Waals surface area contributed by atoms with Crippen molar-refractivity contribution in [2.45, 2.75) is 38.3 Å². The summed E-state index contributed by atoms with van der Waals surface area (Å²) in [5.41, 5.74) is 2.40. The van der Waals surface area contributed by atoms with Gasteiger partial charge in [0.25, 0.3) is 5.91 Å². The molecule has 0 unspecified atom stereocenters. The first-order chi connectivity index (χ1) is 11.6. The molecule has 1 aromatic rings. The molecule has 3 rings (SSSR count). The highest BCUT2D eigenvalue weighted by Crippen LogP contribution is 2.29. The molecule has 0 fully saturated rings. The fourth-order valence-corrected chi connectivity index (χ4v) is 2.94. The minimum absolute atomic E-state index is 0.0103. The highest BCUT2D eigenvalue weighted by atomic mass is 16.6. The Labute approximate surface area is 140 Å². The first kappa shape index (κ1) is 16.4. The van der Waals surface area contributed by atoms with E-state index in [1.54, 1.807) is 6.92 Å². The number of fused-ring (bicyclic) bond motifs is 1. The molecule has 128 valence electrons. The molecule has 2 atom stereocenters. The van der Waals surface area contributed by atoms with Gasteiger partial charge in [0.2, 0.25) is 5.76 Å². The van der Waals surface area contributed by atoms with Crippen LogP contribution in [0.2, 0.25) is 0 Å². The molecule has 1 heterocycles. The number of amides is 1. The second-order valence-corrected chi connectivity index (χ2v) is 5.90. The van der Waals surface area contributed by atoms with Crippen LogP contribution < -0.4 is 5.32 Å². The third-order valence-electron chi connectivity index (χ3n) is 4.19. The maximum absolute atomic E-state index is 12.4. The summed E-state index contributed by atoms with van der Waals surface area (Å²) in [5.74, 6) is -1.02. The van der Waals surface area contributed by atoms with Crippen molar-refractivity contribution >= 4 is 11.9 Å². The van der Waals surface area contributed by atoms with Crippen molar-refractivity contribution in [3.8, 4) is 0 Å². The van der Waals surface area contributed by atoms with E-state index in [0.717, 1.165) is 24.8 Å². The number of hydrogen-bond donors (Lipinski definition) is 1. The minimum Gasteiger partial charge on any atom is -0.493 e. The van der Waals surface area contributed by atoms with E-state index < -0.39 is 12.1 Å². The van der Waals surface area contributed by atoms with Crippen LogP contribution in [0.3, 0.4) is 0 Å². The number of nitrogens with one attached hydrogen (secondary N) is 1. The van der Waals surface area contributed by atoms with Gasteiger partial charge in [-0.25, -0.2) is 4.79 Å². The molecule has 0 saturated heterocycles. The highest BCUT2D eigenvalue weighted by molar-refractivity contribution is 5.90. The van der Waals surface area contributed by atoms with Crippen molar-refractivity contribution in [2.24, 2.45) is 0 Å². The van der Waals surface area contributed by atoms with Crippen molar-refractivity contribution in [3.05, 3.63) is 47.4 Å². The molecule has 24 heavy (non-hydrogen) atoms. The van der Waals surface area contributed by atoms with E-state index in [1.807, 2.05) is 18.2 Å². The lowest BCUT2D eigenvalue weighted by atomic mass is 9.87. The number of carbonyl (C=O) groups is 2. The van der Waals surface area contributed by atoms with Crippen LogP contribution in [0.4, 0.5) is 0 Å². The normalized spacial score (nSPS) is 20.5. The van der Waals surface area contributed by atoms with Crippen molar-refractivity contribution in [1.82, 2.24) is 5.32 Å². The summed E-state index contributed by atoms with van der Waals surface area (Å²) in [6, 6.07) is 8.06. The quantitative estimate of drug-likeness (QED) is 0.854. The lowest BCUT2D eigenvalue weighted by molar-refractivity contribution is -0.155. The molecule has 1 aliphatic heterocycles. The van der Waals surface area contributed by atoms with Gasteiger partial charge in [-0.2, -0.15) is 0 Å². The number of ether oxygens (including phenoxy) is 3. The van der Waals surface area contributed by atoms with Crippen LogP contribution in [-0.4, -0.2) is 31.2 Å². The Kier molecular flexibility index (Phi) is 5.03. The van der Waals surface area contributed by atoms with Gasteiger partial charge in [0, 0.05) is 0 Å². The molecule has 0 bridgehead atoms. The van der Waals surface area contributed by atoms with Crippen molar-refractivity contribution < 1.29 is 23.8 Å². The lowest BCUT2D eigenvalue weighted by Crippen LogP contribution is -2.39. The van der Waals surface area contributed by atoms with Gasteiger partial charge < -0.3 is 19.5 Å². The summed E-state index contributed by atoms with van der Waals surface area (Å²) < 4.78 is 15.3. The Morgan fingerprint density at radius 1 is 1.29 bits per heavy atom. The zero-order valence-electron chi connectivity index (χ0n) is 13.6. The van der Waals surface area contributed by atoms with Crippen LogP contribution in [0, 0.1) is 0 Å². The molecule has 0 spiro atoms. The summed E-state index contributed by atoms with van der Waals surface area (Å²) in [4.78, 5) is 24.3. The molecule has 6 nitrogen and oxygen atoms in total. The van der Waals surface area contributed by atoms with Crippen molar-refractivity contribution in [3.63, 3.8) is 0 Å². The molecular formula is C18H21NO5. The summed E-state index contributed by atoms with van der Waals surface area (Å²) >= 11 is 0. The second-order valence-electron chi connectivity index (χ2n) is 5.90. The average molecular weight is 331 g/mol. The van der Waals surface area contributed by atoms with Crippen molar-refractivity contribution in [1.29, 1.82) is 0 Å². The number of esters is 1. The highest BCUT2D eigenvalue weighted by Gasteiger charge is 2.27. The van der Waals surface area contributed by atoms with Gasteiger partial charge in [-0.15, -0.1) is 0 Å². The van der Waals surface area contributed by atoms with Gasteiger partial charge >= 0.3 is 5.97 Å². The lowest BCUT2D eigenvalue weighted by Gasteiger charge is -2.27. The topological polar surface area (TPSA) is 73.9 Å². The zero-order valence-corrected chi connectivity index (χ0v) is 13.6. The van der Waals surface area contributed by atoms with Crippen molar-refractivity contribution in [2.75, 3.05) is 13.2 Å². The van der Waals surface area contributed by atoms with Crippen LogP contribution in [0.5, 0.6) is 0 Å². The molecule has 0 saturated carbocycles. The SMILES string of the molecule is C[C@H](OC(=O)C1=COCCO1)C(=O)N[C@H]1CCCc2ccccc21. The average Bonchev–Trinajstić information content (AvgIpc) is 2.62. The third kappa shape index (κ3) is 3.69. The van der Waals surface area contributed by atoms with Crippen LogP contribution in [0.1, 0.15) is 36.9 Å². The predicted octanol–water partition coefficient (Wildman–Crippen LogP) is 2.00. The monoisotopic (exact) mass is 331 g/mol. The standard InChI is InChI=1S/C18H21NO5/c1-12(24-18(21)16-11-22-9-10-23-16)17(20)19-15-8-4-6-13-5-2-3-7-14(13)15/h2-3,5,7,11-12,15H,4,6,8-10H2,1H3,(H,19,20)/t12-,15-/m0/s1. The summed E-state index contributed by atoms with van der Waals surface area (Å²) in [7, 11) is 0. The van der Waals surface area contributed by atoms with E-state index in [-0.39, 0.29) is 17.7 Å². The fourth-order valence-electron chi connectivity index (χ4n) is 2.94. The summed E-state index contributed by atoms with van der Waals surface area (Å²) in [5, 5.41) is 2.98. The predicted molar refractivity (Wildman–Crippen MR) is 85.8 cm³/mol. The van der Waals surface area contributed by atoms with Crippen LogP contribution >= 0.6 is 0 Å². The van der Waals surface area contributed by atoms with Gasteiger partial charge in [-0.1, -0.05) is 24.3 Å². The molecule has 2 aliphatic rings. The first-order valence-corrected chi connectivity index (χ1v) is 8.19. The van der Waals surface area contributed by atoms with Gasteiger partial charge in [-0.05, 0) is 37.3 Å². The van der Waals surface area contributed by atoms with E-state index in [1.165, 1.54) is 11.8 Å². The van der Waals surface area contributed by atoms with Gasteiger partial charge in [0.05, 0.1) is 6.04 Å². The molecule has 6 heteroatoms.